The van der Waals surface area contributed by atoms with Gasteiger partial charge in [0.1, 0.15) is 0 Å². The monoisotopic (exact) mass is 320 g/mol. The van der Waals surface area contributed by atoms with Gasteiger partial charge >= 0.3 is 0 Å². The van der Waals surface area contributed by atoms with Gasteiger partial charge in [0.2, 0.25) is 10.0 Å². The molecule has 0 radical (unpaired) electrons. The van der Waals surface area contributed by atoms with Crippen molar-refractivity contribution in [3.8, 4) is 0 Å². The molecule has 3 unspecified atom stereocenters. The van der Waals surface area contributed by atoms with E-state index in [9.17, 15) is 8.42 Å². The zero-order valence-corrected chi connectivity index (χ0v) is 14.3. The summed E-state index contributed by atoms with van der Waals surface area (Å²) in [6.45, 7) is 4.61. The topological polar surface area (TPSA) is 49.4 Å². The molecule has 6 heteroatoms. The van der Waals surface area contributed by atoms with E-state index in [1.54, 1.807) is 4.31 Å². The molecule has 2 saturated heterocycles. The molecule has 0 spiro atoms. The fourth-order valence-corrected chi connectivity index (χ4v) is 5.73. The molecule has 1 N–H and O–H groups in total. The van der Waals surface area contributed by atoms with Crippen molar-refractivity contribution in [1.29, 1.82) is 0 Å². The molecule has 0 aromatic carbocycles. The normalized spacial score (nSPS) is 30.5. The Balaban J connectivity index is 1.92. The van der Waals surface area contributed by atoms with E-state index in [-0.39, 0.29) is 0 Å². The van der Waals surface area contributed by atoms with Crippen LogP contribution in [-0.2, 0) is 10.0 Å². The lowest BCUT2D eigenvalue weighted by molar-refractivity contribution is 0.220. The second kappa shape index (κ2) is 7.47. The first-order chi connectivity index (χ1) is 9.50. The molecule has 2 aliphatic rings. The van der Waals surface area contributed by atoms with Crippen molar-refractivity contribution < 1.29 is 8.42 Å². The van der Waals surface area contributed by atoms with E-state index in [1.807, 2.05) is 0 Å². The van der Waals surface area contributed by atoms with E-state index in [0.717, 1.165) is 31.8 Å². The van der Waals surface area contributed by atoms with E-state index in [4.69, 9.17) is 0 Å². The molecule has 0 saturated carbocycles. The molecule has 118 valence electrons. The summed E-state index contributed by atoms with van der Waals surface area (Å²) in [6, 6.07) is 0.569. The third kappa shape index (κ3) is 4.61. The van der Waals surface area contributed by atoms with Crippen molar-refractivity contribution in [3.63, 3.8) is 0 Å². The zero-order valence-electron chi connectivity index (χ0n) is 12.7. The van der Waals surface area contributed by atoms with Gasteiger partial charge in [-0.1, -0.05) is 6.92 Å². The summed E-state index contributed by atoms with van der Waals surface area (Å²) in [5.74, 6) is 3.84. The Kier molecular flexibility index (Phi) is 6.20. The highest BCUT2D eigenvalue weighted by Crippen LogP contribution is 2.31. The third-order valence-electron chi connectivity index (χ3n) is 4.54. The first kappa shape index (κ1) is 16.6. The minimum atomic E-state index is -3.02. The quantitative estimate of drug-likeness (QED) is 0.810. The number of rotatable bonds is 6. The van der Waals surface area contributed by atoms with Gasteiger partial charge < -0.3 is 5.32 Å². The molecule has 2 rings (SSSR count). The Labute approximate surface area is 128 Å². The van der Waals surface area contributed by atoms with Gasteiger partial charge in [-0.25, -0.2) is 12.7 Å². The van der Waals surface area contributed by atoms with Crippen LogP contribution in [0.1, 0.15) is 32.6 Å². The molecule has 2 aliphatic heterocycles. The zero-order chi connectivity index (χ0) is 14.6. The maximum Gasteiger partial charge on any atom is 0.211 e. The Morgan fingerprint density at radius 2 is 2.20 bits per heavy atom. The summed E-state index contributed by atoms with van der Waals surface area (Å²) >= 11 is 2.06. The predicted octanol–water partition coefficient (Wildman–Crippen LogP) is 1.78. The summed E-state index contributed by atoms with van der Waals surface area (Å²) in [5.41, 5.74) is 0. The van der Waals surface area contributed by atoms with Crippen molar-refractivity contribution in [2.24, 2.45) is 11.8 Å². The SMILES string of the molecule is CCNC(CC1CCCN(S(C)(=O)=O)C1)C1CCSC1. The minimum absolute atomic E-state index is 0.521. The number of hydrogen-bond acceptors (Lipinski definition) is 4. The second-order valence-electron chi connectivity index (χ2n) is 6.15. The highest BCUT2D eigenvalue weighted by molar-refractivity contribution is 7.99. The van der Waals surface area contributed by atoms with Gasteiger partial charge in [-0.2, -0.15) is 11.8 Å². The number of piperidine rings is 1. The number of sulfonamides is 1. The van der Waals surface area contributed by atoms with Crippen LogP contribution in [-0.4, -0.2) is 56.2 Å². The number of nitrogens with one attached hydrogen (secondary N) is 1. The van der Waals surface area contributed by atoms with Gasteiger partial charge in [0, 0.05) is 19.1 Å². The van der Waals surface area contributed by atoms with Crippen LogP contribution in [0.4, 0.5) is 0 Å². The fourth-order valence-electron chi connectivity index (χ4n) is 3.45. The smallest absolute Gasteiger partial charge is 0.211 e. The summed E-state index contributed by atoms with van der Waals surface area (Å²) in [4.78, 5) is 0. The molecule has 0 aromatic heterocycles. The van der Waals surface area contributed by atoms with E-state index >= 15 is 0 Å². The Morgan fingerprint density at radius 3 is 2.80 bits per heavy atom. The summed E-state index contributed by atoms with van der Waals surface area (Å²) < 4.78 is 25.1. The van der Waals surface area contributed by atoms with Gasteiger partial charge in [0.15, 0.2) is 0 Å². The van der Waals surface area contributed by atoms with Crippen molar-refractivity contribution in [2.45, 2.75) is 38.6 Å². The van der Waals surface area contributed by atoms with Crippen molar-refractivity contribution in [1.82, 2.24) is 9.62 Å². The molecular formula is C14H28N2O2S2. The number of hydrogen-bond donors (Lipinski definition) is 1. The van der Waals surface area contributed by atoms with Crippen LogP contribution in [0, 0.1) is 11.8 Å². The highest BCUT2D eigenvalue weighted by Gasteiger charge is 2.31. The average Bonchev–Trinajstić information content (AvgIpc) is 2.91. The molecular weight excluding hydrogens is 292 g/mol. The third-order valence-corrected chi connectivity index (χ3v) is 7.00. The van der Waals surface area contributed by atoms with Crippen molar-refractivity contribution in [2.75, 3.05) is 37.4 Å². The largest absolute Gasteiger partial charge is 0.314 e. The average molecular weight is 321 g/mol. The van der Waals surface area contributed by atoms with Crippen LogP contribution >= 0.6 is 11.8 Å². The molecule has 4 nitrogen and oxygen atoms in total. The van der Waals surface area contributed by atoms with E-state index in [1.165, 1.54) is 30.6 Å². The maximum absolute atomic E-state index is 11.7. The van der Waals surface area contributed by atoms with Gasteiger partial charge in [-0.3, -0.25) is 0 Å². The van der Waals surface area contributed by atoms with Crippen LogP contribution in [0.2, 0.25) is 0 Å². The first-order valence-electron chi connectivity index (χ1n) is 7.77. The number of nitrogens with zero attached hydrogens (tertiary/aromatic N) is 1. The Bertz CT molecular complexity index is 394. The molecule has 0 amide bonds. The standard InChI is InChI=1S/C14H28N2O2S2/c1-3-15-14(13-6-8-19-11-13)9-12-5-4-7-16(10-12)20(2,17)18/h12-15H,3-11H2,1-2H3. The van der Waals surface area contributed by atoms with Gasteiger partial charge in [-0.05, 0) is 55.6 Å². The van der Waals surface area contributed by atoms with Crippen LogP contribution in [0.15, 0.2) is 0 Å². The molecule has 2 heterocycles. The first-order valence-corrected chi connectivity index (χ1v) is 10.8. The summed E-state index contributed by atoms with van der Waals surface area (Å²) in [5, 5.41) is 3.64. The fraction of sp³-hybridized carbons (Fsp3) is 1.00. The minimum Gasteiger partial charge on any atom is -0.314 e. The maximum atomic E-state index is 11.7. The predicted molar refractivity (Wildman–Crippen MR) is 86.7 cm³/mol. The summed E-state index contributed by atoms with van der Waals surface area (Å²) in [6.07, 6.45) is 5.96. The van der Waals surface area contributed by atoms with Crippen LogP contribution < -0.4 is 5.32 Å². The molecule has 20 heavy (non-hydrogen) atoms. The highest BCUT2D eigenvalue weighted by atomic mass is 32.2. The van der Waals surface area contributed by atoms with Crippen LogP contribution in [0.25, 0.3) is 0 Å². The Morgan fingerprint density at radius 1 is 1.40 bits per heavy atom. The lowest BCUT2D eigenvalue weighted by Crippen LogP contribution is -2.44. The number of thioether (sulfide) groups is 1. The van der Waals surface area contributed by atoms with Crippen molar-refractivity contribution >= 4 is 21.8 Å². The van der Waals surface area contributed by atoms with E-state index in [0.29, 0.717) is 18.5 Å². The molecule has 0 aromatic rings. The van der Waals surface area contributed by atoms with Gasteiger partial charge in [0.05, 0.1) is 6.26 Å². The summed E-state index contributed by atoms with van der Waals surface area (Å²) in [7, 11) is -3.02. The molecule has 2 fully saturated rings. The second-order valence-corrected chi connectivity index (χ2v) is 9.29. The van der Waals surface area contributed by atoms with E-state index < -0.39 is 10.0 Å². The van der Waals surface area contributed by atoms with Crippen LogP contribution in [0.5, 0.6) is 0 Å². The van der Waals surface area contributed by atoms with Gasteiger partial charge in [-0.15, -0.1) is 0 Å². The molecule has 3 atom stereocenters. The van der Waals surface area contributed by atoms with Gasteiger partial charge in [0.25, 0.3) is 0 Å². The lowest BCUT2D eigenvalue weighted by Gasteiger charge is -2.34. The van der Waals surface area contributed by atoms with Crippen LogP contribution in [0.3, 0.4) is 0 Å². The molecule has 0 aliphatic carbocycles. The van der Waals surface area contributed by atoms with E-state index in [2.05, 4.69) is 24.0 Å². The van der Waals surface area contributed by atoms with Crippen molar-refractivity contribution in [3.05, 3.63) is 0 Å². The molecule has 0 bridgehead atoms. The Hall–Kier alpha value is 0.220. The lowest BCUT2D eigenvalue weighted by atomic mass is 9.86.